The van der Waals surface area contributed by atoms with Crippen molar-refractivity contribution in [2.45, 2.75) is 51.6 Å². The van der Waals surface area contributed by atoms with Crippen molar-refractivity contribution in [3.05, 3.63) is 0 Å². The van der Waals surface area contributed by atoms with Crippen molar-refractivity contribution in [2.75, 3.05) is 13.2 Å². The molecule has 2 amide bonds. The number of unbranched alkanes of at least 4 members (excludes halogenated alkanes) is 1. The molecule has 0 radical (unpaired) electrons. The molecule has 0 aromatic heterocycles. The normalized spacial score (nSPS) is 19.5. The van der Waals surface area contributed by atoms with Crippen molar-refractivity contribution in [2.24, 2.45) is 0 Å². The quantitative estimate of drug-likeness (QED) is 0.709. The monoisotopic (exact) mass is 286 g/mol. The fraction of sp³-hybridized carbons (Fsp3) is 0.769. The standard InChI is InChI=1S/C13H22N2O5/c1-3-4-8-20-13(19)14-9(2)11(16)15-7-5-6-10(15)12(17)18/h9-10H,3-8H2,1-2H3,(H,14,19)(H,17,18)/t9-,10-/m0/s1. The van der Waals surface area contributed by atoms with Crippen LogP contribution in [0.15, 0.2) is 0 Å². The molecule has 0 bridgehead atoms. The van der Waals surface area contributed by atoms with E-state index in [4.69, 9.17) is 9.84 Å². The van der Waals surface area contributed by atoms with Gasteiger partial charge in [0, 0.05) is 6.54 Å². The summed E-state index contributed by atoms with van der Waals surface area (Å²) in [5.74, 6) is -1.39. The first kappa shape index (κ1) is 16.3. The highest BCUT2D eigenvalue weighted by Gasteiger charge is 2.36. The van der Waals surface area contributed by atoms with E-state index in [1.807, 2.05) is 6.92 Å². The third kappa shape index (κ3) is 4.40. The number of likely N-dealkylation sites (tertiary alicyclic amines) is 1. The van der Waals surface area contributed by atoms with Crippen LogP contribution in [-0.4, -0.2) is 53.2 Å². The summed E-state index contributed by atoms with van der Waals surface area (Å²) in [5, 5.41) is 11.5. The van der Waals surface area contributed by atoms with Crippen LogP contribution in [0.2, 0.25) is 0 Å². The van der Waals surface area contributed by atoms with E-state index in [2.05, 4.69) is 5.32 Å². The molecular formula is C13H22N2O5. The lowest BCUT2D eigenvalue weighted by molar-refractivity contribution is -0.148. The SMILES string of the molecule is CCCCOC(=O)N[C@@H](C)C(=O)N1CCC[C@H]1C(=O)O. The van der Waals surface area contributed by atoms with Gasteiger partial charge in [-0.05, 0) is 26.2 Å². The number of rotatable bonds is 6. The zero-order valence-corrected chi connectivity index (χ0v) is 11.9. The van der Waals surface area contributed by atoms with Crippen LogP contribution >= 0.6 is 0 Å². The molecule has 2 N–H and O–H groups in total. The van der Waals surface area contributed by atoms with E-state index in [9.17, 15) is 14.4 Å². The molecule has 1 saturated heterocycles. The minimum atomic E-state index is -1.01. The maximum absolute atomic E-state index is 12.1. The Bertz CT molecular complexity index is 372. The minimum absolute atomic E-state index is 0.310. The lowest BCUT2D eigenvalue weighted by Crippen LogP contribution is -2.50. The van der Waals surface area contributed by atoms with Crippen molar-refractivity contribution < 1.29 is 24.2 Å². The van der Waals surface area contributed by atoms with E-state index in [0.29, 0.717) is 26.0 Å². The van der Waals surface area contributed by atoms with Gasteiger partial charge >= 0.3 is 12.1 Å². The molecule has 114 valence electrons. The largest absolute Gasteiger partial charge is 0.480 e. The van der Waals surface area contributed by atoms with E-state index in [1.54, 1.807) is 0 Å². The Morgan fingerprint density at radius 2 is 2.15 bits per heavy atom. The number of hydrogen-bond acceptors (Lipinski definition) is 4. The van der Waals surface area contributed by atoms with Crippen LogP contribution in [0.4, 0.5) is 4.79 Å². The van der Waals surface area contributed by atoms with Crippen LogP contribution in [0, 0.1) is 0 Å². The first-order valence-corrected chi connectivity index (χ1v) is 6.94. The Morgan fingerprint density at radius 3 is 2.75 bits per heavy atom. The smallest absolute Gasteiger partial charge is 0.407 e. The molecule has 1 fully saturated rings. The molecule has 1 rings (SSSR count). The molecule has 0 aromatic carbocycles. The molecule has 0 spiro atoms. The summed E-state index contributed by atoms with van der Waals surface area (Å²) in [6, 6.07) is -1.58. The van der Waals surface area contributed by atoms with Gasteiger partial charge in [-0.2, -0.15) is 0 Å². The number of carboxylic acids is 1. The maximum Gasteiger partial charge on any atom is 0.407 e. The molecule has 0 aliphatic carbocycles. The molecule has 20 heavy (non-hydrogen) atoms. The van der Waals surface area contributed by atoms with Gasteiger partial charge in [0.1, 0.15) is 12.1 Å². The van der Waals surface area contributed by atoms with Crippen molar-refractivity contribution in [1.82, 2.24) is 10.2 Å². The first-order chi connectivity index (χ1) is 9.47. The van der Waals surface area contributed by atoms with Crippen molar-refractivity contribution >= 4 is 18.0 Å². The minimum Gasteiger partial charge on any atom is -0.480 e. The van der Waals surface area contributed by atoms with Crippen molar-refractivity contribution in [3.63, 3.8) is 0 Å². The van der Waals surface area contributed by atoms with Gasteiger partial charge in [0.2, 0.25) is 5.91 Å². The lowest BCUT2D eigenvalue weighted by atomic mass is 10.2. The van der Waals surface area contributed by atoms with Gasteiger partial charge in [0.05, 0.1) is 6.61 Å². The molecule has 1 heterocycles. The summed E-state index contributed by atoms with van der Waals surface area (Å²) in [6.45, 7) is 4.23. The van der Waals surface area contributed by atoms with Gasteiger partial charge in [-0.1, -0.05) is 13.3 Å². The topological polar surface area (TPSA) is 95.9 Å². The molecule has 1 aliphatic rings. The number of carbonyl (C=O) groups is 3. The second-order valence-corrected chi connectivity index (χ2v) is 4.88. The fourth-order valence-corrected chi connectivity index (χ4v) is 2.13. The molecule has 0 saturated carbocycles. The highest BCUT2D eigenvalue weighted by Crippen LogP contribution is 2.18. The number of carbonyl (C=O) groups excluding carboxylic acids is 2. The highest BCUT2D eigenvalue weighted by atomic mass is 16.5. The predicted octanol–water partition coefficient (Wildman–Crippen LogP) is 0.977. The number of carboxylic acid groups (broad SMARTS) is 1. The van der Waals surface area contributed by atoms with Crippen molar-refractivity contribution in [3.8, 4) is 0 Å². The molecule has 0 unspecified atom stereocenters. The zero-order chi connectivity index (χ0) is 15.1. The van der Waals surface area contributed by atoms with E-state index >= 15 is 0 Å². The molecule has 1 aliphatic heterocycles. The van der Waals surface area contributed by atoms with Crippen LogP contribution in [0.1, 0.15) is 39.5 Å². The summed E-state index contributed by atoms with van der Waals surface area (Å²) < 4.78 is 4.90. The Balaban J connectivity index is 2.46. The highest BCUT2D eigenvalue weighted by molar-refractivity contribution is 5.89. The second-order valence-electron chi connectivity index (χ2n) is 4.88. The number of aliphatic carboxylic acids is 1. The van der Waals surface area contributed by atoms with E-state index in [-0.39, 0.29) is 5.91 Å². The first-order valence-electron chi connectivity index (χ1n) is 6.94. The number of hydrogen-bond donors (Lipinski definition) is 2. The van der Waals surface area contributed by atoms with Crippen LogP contribution in [0.5, 0.6) is 0 Å². The molecule has 0 aromatic rings. The van der Waals surface area contributed by atoms with Gasteiger partial charge in [-0.15, -0.1) is 0 Å². The van der Waals surface area contributed by atoms with E-state index in [1.165, 1.54) is 11.8 Å². The Hall–Kier alpha value is -1.79. The number of amides is 2. The number of nitrogens with zero attached hydrogens (tertiary/aromatic N) is 1. The van der Waals surface area contributed by atoms with Gasteiger partial charge in [0.15, 0.2) is 0 Å². The predicted molar refractivity (Wildman–Crippen MR) is 71.2 cm³/mol. The van der Waals surface area contributed by atoms with Gasteiger partial charge in [0.25, 0.3) is 0 Å². The van der Waals surface area contributed by atoms with Crippen LogP contribution < -0.4 is 5.32 Å². The average molecular weight is 286 g/mol. The molecule has 2 atom stereocenters. The van der Waals surface area contributed by atoms with Gasteiger partial charge in [-0.25, -0.2) is 9.59 Å². The Morgan fingerprint density at radius 1 is 1.45 bits per heavy atom. The molecule has 7 nitrogen and oxygen atoms in total. The van der Waals surface area contributed by atoms with E-state index in [0.717, 1.165) is 12.8 Å². The third-order valence-corrected chi connectivity index (χ3v) is 3.26. The van der Waals surface area contributed by atoms with Crippen LogP contribution in [-0.2, 0) is 14.3 Å². The molecule has 7 heteroatoms. The van der Waals surface area contributed by atoms with Crippen LogP contribution in [0.3, 0.4) is 0 Å². The Labute approximate surface area is 118 Å². The third-order valence-electron chi connectivity index (χ3n) is 3.26. The number of alkyl carbamates (subject to hydrolysis) is 1. The van der Waals surface area contributed by atoms with Crippen molar-refractivity contribution in [1.29, 1.82) is 0 Å². The number of ether oxygens (including phenoxy) is 1. The number of nitrogens with one attached hydrogen (secondary N) is 1. The zero-order valence-electron chi connectivity index (χ0n) is 11.9. The second kappa shape index (κ2) is 7.72. The summed E-state index contributed by atoms with van der Waals surface area (Å²) in [4.78, 5) is 35.9. The lowest BCUT2D eigenvalue weighted by Gasteiger charge is -2.25. The van der Waals surface area contributed by atoms with Gasteiger partial charge < -0.3 is 20.1 Å². The van der Waals surface area contributed by atoms with E-state index < -0.39 is 24.1 Å². The summed E-state index contributed by atoms with van der Waals surface area (Å²) in [7, 11) is 0. The average Bonchev–Trinajstić information content (AvgIpc) is 2.87. The van der Waals surface area contributed by atoms with Gasteiger partial charge in [-0.3, -0.25) is 4.79 Å². The summed E-state index contributed by atoms with van der Waals surface area (Å²) >= 11 is 0. The van der Waals surface area contributed by atoms with Crippen LogP contribution in [0.25, 0.3) is 0 Å². The summed E-state index contributed by atoms with van der Waals surface area (Å²) in [5.41, 5.74) is 0. The summed E-state index contributed by atoms with van der Waals surface area (Å²) in [6.07, 6.45) is 2.15. The fourth-order valence-electron chi connectivity index (χ4n) is 2.13. The molecular weight excluding hydrogens is 264 g/mol. The maximum atomic E-state index is 12.1. The Kier molecular flexibility index (Phi) is 6.27.